The van der Waals surface area contributed by atoms with Crippen LogP contribution >= 0.6 is 12.4 Å². The van der Waals surface area contributed by atoms with Gasteiger partial charge in [0.05, 0.1) is 6.54 Å². The van der Waals surface area contributed by atoms with Crippen LogP contribution in [-0.2, 0) is 4.79 Å². The predicted octanol–water partition coefficient (Wildman–Crippen LogP) is 3.11. The first-order valence-electron chi connectivity index (χ1n) is 9.62. The maximum absolute atomic E-state index is 12.3. The van der Waals surface area contributed by atoms with E-state index in [1.165, 1.54) is 5.56 Å². The molecular formula is C22H26ClN3O3. The second kappa shape index (κ2) is 10.3. The molecule has 0 atom stereocenters. The Hall–Kier alpha value is -2.54. The summed E-state index contributed by atoms with van der Waals surface area (Å²) in [6.07, 6.45) is 4.36. The molecule has 4 rings (SSSR count). The normalized spacial score (nSPS) is 16.6. The highest BCUT2D eigenvalue weighted by Crippen LogP contribution is 2.34. The molecule has 7 heteroatoms. The number of halogens is 1. The Labute approximate surface area is 177 Å². The third-order valence-corrected chi connectivity index (χ3v) is 4.96. The minimum Gasteiger partial charge on any atom is -0.454 e. The number of anilines is 1. The summed E-state index contributed by atoms with van der Waals surface area (Å²) in [5.74, 6) is 1.39. The van der Waals surface area contributed by atoms with E-state index >= 15 is 0 Å². The molecule has 0 aliphatic carbocycles. The molecular weight excluding hydrogens is 390 g/mol. The summed E-state index contributed by atoms with van der Waals surface area (Å²) in [6.45, 7) is 5.31. The first-order valence-corrected chi connectivity index (χ1v) is 9.62. The highest BCUT2D eigenvalue weighted by atomic mass is 35.5. The van der Waals surface area contributed by atoms with E-state index in [4.69, 9.17) is 9.47 Å². The predicted molar refractivity (Wildman–Crippen MR) is 117 cm³/mol. The molecule has 2 heterocycles. The van der Waals surface area contributed by atoms with Crippen molar-refractivity contribution >= 4 is 30.1 Å². The fraction of sp³-hybridized carbons (Fsp3) is 0.318. The largest absolute Gasteiger partial charge is 0.454 e. The Balaban J connectivity index is 0.00000240. The van der Waals surface area contributed by atoms with Crippen LogP contribution in [0.15, 0.2) is 54.6 Å². The van der Waals surface area contributed by atoms with Crippen LogP contribution in [0.5, 0.6) is 11.5 Å². The number of piperazine rings is 1. The molecule has 0 aromatic heterocycles. The summed E-state index contributed by atoms with van der Waals surface area (Å²) < 4.78 is 10.6. The number of nitrogens with zero attached hydrogens (tertiary/aromatic N) is 2. The number of hydrogen-bond acceptors (Lipinski definition) is 5. The first kappa shape index (κ1) is 21.2. The monoisotopic (exact) mass is 415 g/mol. The topological polar surface area (TPSA) is 54.0 Å². The zero-order chi connectivity index (χ0) is 19.2. The highest BCUT2D eigenvalue weighted by molar-refractivity contribution is 5.92. The fourth-order valence-electron chi connectivity index (χ4n) is 3.41. The van der Waals surface area contributed by atoms with Crippen LogP contribution in [-0.4, -0.2) is 61.8 Å². The van der Waals surface area contributed by atoms with E-state index in [0.29, 0.717) is 12.3 Å². The van der Waals surface area contributed by atoms with Gasteiger partial charge in [-0.3, -0.25) is 14.6 Å². The van der Waals surface area contributed by atoms with Gasteiger partial charge in [-0.1, -0.05) is 42.5 Å². The standard InChI is InChI=1S/C22H25N3O3.ClH/c26-22(23-19-8-9-20-21(15-19)28-17-27-20)16-25-13-11-24(12-14-25)10-4-7-18-5-2-1-3-6-18;/h1-9,15H,10-14,16-17H2,(H,23,26);1H/b7-4+;. The summed E-state index contributed by atoms with van der Waals surface area (Å²) in [6, 6.07) is 15.8. The average molecular weight is 416 g/mol. The molecule has 2 aliphatic rings. The molecule has 2 aromatic carbocycles. The lowest BCUT2D eigenvalue weighted by atomic mass is 10.2. The average Bonchev–Trinajstić information content (AvgIpc) is 3.18. The Kier molecular flexibility index (Phi) is 7.52. The number of fused-ring (bicyclic) bond motifs is 1. The molecule has 2 aromatic rings. The molecule has 0 bridgehead atoms. The van der Waals surface area contributed by atoms with Gasteiger partial charge < -0.3 is 14.8 Å². The van der Waals surface area contributed by atoms with Gasteiger partial charge in [0.2, 0.25) is 12.7 Å². The molecule has 1 amide bonds. The minimum atomic E-state index is -0.00344. The lowest BCUT2D eigenvalue weighted by molar-refractivity contribution is -0.117. The van der Waals surface area contributed by atoms with Crippen molar-refractivity contribution in [1.29, 1.82) is 0 Å². The van der Waals surface area contributed by atoms with Crippen molar-refractivity contribution in [3.8, 4) is 11.5 Å². The van der Waals surface area contributed by atoms with Crippen LogP contribution in [0, 0.1) is 0 Å². The van der Waals surface area contributed by atoms with E-state index in [1.807, 2.05) is 30.3 Å². The Morgan fingerprint density at radius 1 is 0.966 bits per heavy atom. The summed E-state index contributed by atoms with van der Waals surface area (Å²) >= 11 is 0. The minimum absolute atomic E-state index is 0. The molecule has 1 fully saturated rings. The molecule has 1 saturated heterocycles. The van der Waals surface area contributed by atoms with Crippen LogP contribution in [0.1, 0.15) is 5.56 Å². The number of amides is 1. The Morgan fingerprint density at radius 2 is 1.69 bits per heavy atom. The zero-order valence-corrected chi connectivity index (χ0v) is 17.1. The van der Waals surface area contributed by atoms with Crippen molar-refractivity contribution in [3.05, 3.63) is 60.2 Å². The second-order valence-corrected chi connectivity index (χ2v) is 7.01. The van der Waals surface area contributed by atoms with Gasteiger partial charge in [-0.25, -0.2) is 0 Å². The molecule has 0 unspecified atom stereocenters. The maximum Gasteiger partial charge on any atom is 0.238 e. The van der Waals surface area contributed by atoms with E-state index < -0.39 is 0 Å². The highest BCUT2D eigenvalue weighted by Gasteiger charge is 2.19. The van der Waals surface area contributed by atoms with Gasteiger partial charge in [0.1, 0.15) is 0 Å². The van der Waals surface area contributed by atoms with Crippen molar-refractivity contribution in [1.82, 2.24) is 9.80 Å². The van der Waals surface area contributed by atoms with Crippen LogP contribution in [0.25, 0.3) is 6.08 Å². The molecule has 0 spiro atoms. The van der Waals surface area contributed by atoms with Gasteiger partial charge in [0.25, 0.3) is 0 Å². The summed E-state index contributed by atoms with van der Waals surface area (Å²) in [5.41, 5.74) is 1.96. The number of hydrogen-bond donors (Lipinski definition) is 1. The van der Waals surface area contributed by atoms with Crippen LogP contribution in [0.4, 0.5) is 5.69 Å². The van der Waals surface area contributed by atoms with E-state index in [2.05, 4.69) is 39.4 Å². The third kappa shape index (κ3) is 5.97. The number of carbonyl (C=O) groups is 1. The summed E-state index contributed by atoms with van der Waals surface area (Å²) in [4.78, 5) is 16.9. The second-order valence-electron chi connectivity index (χ2n) is 7.01. The van der Waals surface area contributed by atoms with Gasteiger partial charge in [0, 0.05) is 44.5 Å². The molecule has 0 saturated carbocycles. The van der Waals surface area contributed by atoms with Crippen molar-refractivity contribution in [2.75, 3.05) is 51.4 Å². The van der Waals surface area contributed by atoms with E-state index in [-0.39, 0.29) is 25.1 Å². The first-order chi connectivity index (χ1) is 13.8. The van der Waals surface area contributed by atoms with Crippen molar-refractivity contribution in [2.24, 2.45) is 0 Å². The Morgan fingerprint density at radius 3 is 2.48 bits per heavy atom. The number of rotatable bonds is 6. The SMILES string of the molecule is Cl.O=C(CN1CCN(C/C=C/c2ccccc2)CC1)Nc1ccc2c(c1)OCO2. The summed E-state index contributed by atoms with van der Waals surface area (Å²) in [7, 11) is 0. The number of ether oxygens (including phenoxy) is 2. The van der Waals surface area contributed by atoms with E-state index in [9.17, 15) is 4.79 Å². The molecule has 154 valence electrons. The zero-order valence-electron chi connectivity index (χ0n) is 16.3. The molecule has 6 nitrogen and oxygen atoms in total. The van der Waals surface area contributed by atoms with Gasteiger partial charge in [-0.2, -0.15) is 0 Å². The fourth-order valence-corrected chi connectivity index (χ4v) is 3.41. The van der Waals surface area contributed by atoms with Gasteiger partial charge in [0.15, 0.2) is 11.5 Å². The maximum atomic E-state index is 12.3. The van der Waals surface area contributed by atoms with E-state index in [1.54, 1.807) is 6.07 Å². The number of benzene rings is 2. The van der Waals surface area contributed by atoms with Crippen molar-refractivity contribution in [3.63, 3.8) is 0 Å². The number of carbonyl (C=O) groups excluding carboxylic acids is 1. The molecule has 0 radical (unpaired) electrons. The van der Waals surface area contributed by atoms with Crippen LogP contribution in [0.3, 0.4) is 0 Å². The smallest absolute Gasteiger partial charge is 0.238 e. The van der Waals surface area contributed by atoms with Gasteiger partial charge in [-0.05, 0) is 17.7 Å². The third-order valence-electron chi connectivity index (χ3n) is 4.96. The van der Waals surface area contributed by atoms with Crippen LogP contribution in [0.2, 0.25) is 0 Å². The lowest BCUT2D eigenvalue weighted by Crippen LogP contribution is -2.48. The number of nitrogens with one attached hydrogen (secondary N) is 1. The lowest BCUT2D eigenvalue weighted by Gasteiger charge is -2.33. The quantitative estimate of drug-likeness (QED) is 0.785. The molecule has 2 aliphatic heterocycles. The van der Waals surface area contributed by atoms with Gasteiger partial charge in [-0.15, -0.1) is 12.4 Å². The molecule has 29 heavy (non-hydrogen) atoms. The van der Waals surface area contributed by atoms with E-state index in [0.717, 1.165) is 44.2 Å². The van der Waals surface area contributed by atoms with Crippen molar-refractivity contribution < 1.29 is 14.3 Å². The Bertz CT molecular complexity index is 836. The van der Waals surface area contributed by atoms with Crippen molar-refractivity contribution in [2.45, 2.75) is 0 Å². The summed E-state index contributed by atoms with van der Waals surface area (Å²) in [5, 5.41) is 2.94. The van der Waals surface area contributed by atoms with Crippen LogP contribution < -0.4 is 14.8 Å². The van der Waals surface area contributed by atoms with Gasteiger partial charge >= 0.3 is 0 Å². The molecule has 1 N–H and O–H groups in total.